The molecule has 0 spiro atoms. The van der Waals surface area contributed by atoms with E-state index >= 15 is 0 Å². The maximum Gasteiger partial charge on any atom is 0.303 e. The topological polar surface area (TPSA) is 46.5 Å². The molecule has 0 saturated heterocycles. The van der Waals surface area contributed by atoms with Crippen molar-refractivity contribution in [3.8, 4) is 5.75 Å². The van der Waals surface area contributed by atoms with E-state index in [-0.39, 0.29) is 11.8 Å². The second-order valence-corrected chi connectivity index (χ2v) is 5.89. The van der Waals surface area contributed by atoms with Gasteiger partial charge in [-0.05, 0) is 41.9 Å². The molecule has 0 aliphatic heterocycles. The Balaban J connectivity index is 2.73. The van der Waals surface area contributed by atoms with Crippen LogP contribution < -0.4 is 4.74 Å². The summed E-state index contributed by atoms with van der Waals surface area (Å²) in [7, 11) is 1.69. The van der Waals surface area contributed by atoms with Crippen LogP contribution in [0.2, 0.25) is 0 Å². The van der Waals surface area contributed by atoms with E-state index in [1.165, 1.54) is 11.1 Å². The van der Waals surface area contributed by atoms with Gasteiger partial charge in [0.25, 0.3) is 0 Å². The summed E-state index contributed by atoms with van der Waals surface area (Å²) in [5.41, 5.74) is 2.49. The van der Waals surface area contributed by atoms with E-state index < -0.39 is 5.97 Å². The van der Waals surface area contributed by atoms with Gasteiger partial charge in [0.2, 0.25) is 0 Å². The van der Waals surface area contributed by atoms with Gasteiger partial charge in [0.05, 0.1) is 7.11 Å². The van der Waals surface area contributed by atoms with Crippen LogP contribution in [0.1, 0.15) is 51.2 Å². The average molecular weight is 264 g/mol. The molecule has 3 heteroatoms. The SMILES string of the molecule is COc1ccc(CCCCC(=O)O)cc1C(C)(C)C. The minimum atomic E-state index is -0.717. The molecule has 0 aromatic heterocycles. The Kier molecular flexibility index (Phi) is 5.40. The second kappa shape index (κ2) is 6.60. The molecule has 0 amide bonds. The number of carboxylic acids is 1. The molecule has 0 heterocycles. The predicted molar refractivity (Wildman–Crippen MR) is 76.9 cm³/mol. The van der Waals surface area contributed by atoms with E-state index in [9.17, 15) is 4.79 Å². The lowest BCUT2D eigenvalue weighted by Gasteiger charge is -2.23. The first kappa shape index (κ1) is 15.5. The first-order valence-corrected chi connectivity index (χ1v) is 6.74. The summed E-state index contributed by atoms with van der Waals surface area (Å²) in [5, 5.41) is 8.61. The fraction of sp³-hybridized carbons (Fsp3) is 0.562. The molecular formula is C16H24O3. The van der Waals surface area contributed by atoms with Crippen molar-refractivity contribution < 1.29 is 14.6 Å². The lowest BCUT2D eigenvalue weighted by Crippen LogP contribution is -2.13. The molecule has 1 aromatic carbocycles. The zero-order valence-electron chi connectivity index (χ0n) is 12.3. The van der Waals surface area contributed by atoms with Crippen LogP contribution in [0.5, 0.6) is 5.75 Å². The fourth-order valence-electron chi connectivity index (χ4n) is 2.10. The summed E-state index contributed by atoms with van der Waals surface area (Å²) in [5.74, 6) is 0.201. The molecule has 0 fully saturated rings. The largest absolute Gasteiger partial charge is 0.496 e. The molecule has 0 radical (unpaired) electrons. The first-order chi connectivity index (χ1) is 8.84. The zero-order chi connectivity index (χ0) is 14.5. The number of ether oxygens (including phenoxy) is 1. The third-order valence-corrected chi connectivity index (χ3v) is 3.18. The van der Waals surface area contributed by atoms with Crippen LogP contribution in [0.25, 0.3) is 0 Å². The molecule has 19 heavy (non-hydrogen) atoms. The number of unbranched alkanes of at least 4 members (excludes halogenated alkanes) is 1. The van der Waals surface area contributed by atoms with E-state index in [1.54, 1.807) is 7.11 Å². The summed E-state index contributed by atoms with van der Waals surface area (Å²) >= 11 is 0. The van der Waals surface area contributed by atoms with Gasteiger partial charge in [-0.3, -0.25) is 4.79 Å². The quantitative estimate of drug-likeness (QED) is 0.795. The Morgan fingerprint density at radius 2 is 1.95 bits per heavy atom. The molecule has 3 nitrogen and oxygen atoms in total. The van der Waals surface area contributed by atoms with Gasteiger partial charge in [-0.2, -0.15) is 0 Å². The molecule has 0 saturated carbocycles. The normalized spacial score (nSPS) is 11.4. The van der Waals surface area contributed by atoms with Gasteiger partial charge in [-0.1, -0.05) is 32.9 Å². The maximum atomic E-state index is 10.5. The van der Waals surface area contributed by atoms with Crippen LogP contribution in [0.4, 0.5) is 0 Å². The van der Waals surface area contributed by atoms with Crippen molar-refractivity contribution in [3.05, 3.63) is 29.3 Å². The predicted octanol–water partition coefficient (Wildman–Crippen LogP) is 3.79. The van der Waals surface area contributed by atoms with E-state index in [4.69, 9.17) is 9.84 Å². The number of benzene rings is 1. The van der Waals surface area contributed by atoms with Crippen LogP contribution in [0, 0.1) is 0 Å². The number of hydrogen-bond acceptors (Lipinski definition) is 2. The van der Waals surface area contributed by atoms with E-state index in [1.807, 2.05) is 6.07 Å². The van der Waals surface area contributed by atoms with Gasteiger partial charge in [-0.25, -0.2) is 0 Å². The number of carboxylic acid groups (broad SMARTS) is 1. The van der Waals surface area contributed by atoms with Gasteiger partial charge in [0.15, 0.2) is 0 Å². The number of carbonyl (C=O) groups is 1. The molecular weight excluding hydrogens is 240 g/mol. The van der Waals surface area contributed by atoms with Gasteiger partial charge in [0, 0.05) is 6.42 Å². The Hall–Kier alpha value is -1.51. The van der Waals surface area contributed by atoms with Crippen LogP contribution in [0.15, 0.2) is 18.2 Å². The number of aryl methyl sites for hydroxylation is 1. The molecule has 0 bridgehead atoms. The van der Waals surface area contributed by atoms with E-state index in [0.717, 1.165) is 25.0 Å². The summed E-state index contributed by atoms with van der Waals surface area (Å²) < 4.78 is 5.41. The number of rotatable bonds is 6. The monoisotopic (exact) mass is 264 g/mol. The molecule has 0 aliphatic carbocycles. The van der Waals surface area contributed by atoms with Crippen LogP contribution in [-0.4, -0.2) is 18.2 Å². The highest BCUT2D eigenvalue weighted by Gasteiger charge is 2.19. The van der Waals surface area contributed by atoms with Crippen molar-refractivity contribution >= 4 is 5.97 Å². The average Bonchev–Trinajstić information content (AvgIpc) is 2.33. The highest BCUT2D eigenvalue weighted by molar-refractivity contribution is 5.66. The summed E-state index contributed by atoms with van der Waals surface area (Å²) in [6.07, 6.45) is 2.80. The molecule has 0 aliphatic rings. The number of aliphatic carboxylic acids is 1. The van der Waals surface area contributed by atoms with Gasteiger partial charge >= 0.3 is 5.97 Å². The number of hydrogen-bond donors (Lipinski definition) is 1. The van der Waals surface area contributed by atoms with E-state index in [2.05, 4.69) is 32.9 Å². The minimum Gasteiger partial charge on any atom is -0.496 e. The zero-order valence-corrected chi connectivity index (χ0v) is 12.3. The van der Waals surface area contributed by atoms with Crippen molar-refractivity contribution in [3.63, 3.8) is 0 Å². The highest BCUT2D eigenvalue weighted by atomic mass is 16.5. The van der Waals surface area contributed by atoms with Gasteiger partial charge in [0.1, 0.15) is 5.75 Å². The summed E-state index contributed by atoms with van der Waals surface area (Å²) in [6, 6.07) is 6.25. The van der Waals surface area contributed by atoms with Crippen LogP contribution in [0.3, 0.4) is 0 Å². The standard InChI is InChI=1S/C16H24O3/c1-16(2,3)13-11-12(9-10-14(13)19-4)7-5-6-8-15(17)18/h9-11H,5-8H2,1-4H3,(H,17,18). The summed E-state index contributed by atoms with van der Waals surface area (Å²) in [4.78, 5) is 10.5. The second-order valence-electron chi connectivity index (χ2n) is 5.89. The third-order valence-electron chi connectivity index (χ3n) is 3.18. The van der Waals surface area contributed by atoms with Crippen molar-refractivity contribution in [2.24, 2.45) is 0 Å². The van der Waals surface area contributed by atoms with Gasteiger partial charge < -0.3 is 9.84 Å². The van der Waals surface area contributed by atoms with Crippen molar-refractivity contribution in [1.82, 2.24) is 0 Å². The molecule has 0 atom stereocenters. The molecule has 1 aromatic rings. The lowest BCUT2D eigenvalue weighted by molar-refractivity contribution is -0.137. The van der Waals surface area contributed by atoms with Gasteiger partial charge in [-0.15, -0.1) is 0 Å². The van der Waals surface area contributed by atoms with Crippen molar-refractivity contribution in [2.45, 2.75) is 51.9 Å². The lowest BCUT2D eigenvalue weighted by atomic mass is 9.85. The Morgan fingerprint density at radius 3 is 2.47 bits per heavy atom. The third kappa shape index (κ3) is 4.93. The highest BCUT2D eigenvalue weighted by Crippen LogP contribution is 2.32. The molecule has 1 N–H and O–H groups in total. The summed E-state index contributed by atoms with van der Waals surface area (Å²) in [6.45, 7) is 6.50. The number of methoxy groups -OCH3 is 1. The van der Waals surface area contributed by atoms with Crippen molar-refractivity contribution in [2.75, 3.05) is 7.11 Å². The smallest absolute Gasteiger partial charge is 0.303 e. The molecule has 106 valence electrons. The molecule has 1 rings (SSSR count). The Bertz CT molecular complexity index is 430. The Morgan fingerprint density at radius 1 is 1.26 bits per heavy atom. The van der Waals surface area contributed by atoms with Crippen LogP contribution in [-0.2, 0) is 16.6 Å². The Labute approximate surface area is 115 Å². The maximum absolute atomic E-state index is 10.5. The van der Waals surface area contributed by atoms with E-state index in [0.29, 0.717) is 0 Å². The van der Waals surface area contributed by atoms with Crippen molar-refractivity contribution in [1.29, 1.82) is 0 Å². The minimum absolute atomic E-state index is 0.0441. The first-order valence-electron chi connectivity index (χ1n) is 6.74. The van der Waals surface area contributed by atoms with Crippen LogP contribution >= 0.6 is 0 Å². The molecule has 0 unspecified atom stereocenters. The fourth-order valence-corrected chi connectivity index (χ4v) is 2.10.